The third-order valence-corrected chi connectivity index (χ3v) is 3.16. The van der Waals surface area contributed by atoms with Crippen LogP contribution in [0.15, 0.2) is 24.3 Å². The van der Waals surface area contributed by atoms with E-state index in [9.17, 15) is 13.2 Å². The minimum atomic E-state index is -4.68. The zero-order valence-corrected chi connectivity index (χ0v) is 11.8. The van der Waals surface area contributed by atoms with Crippen LogP contribution in [0.3, 0.4) is 0 Å². The minimum Gasteiger partial charge on any atom is -0.405 e. The Morgan fingerprint density at radius 1 is 1.38 bits per heavy atom. The first-order chi connectivity index (χ1) is 9.94. The smallest absolute Gasteiger partial charge is 0.405 e. The van der Waals surface area contributed by atoms with Crippen molar-refractivity contribution >= 4 is 0 Å². The predicted molar refractivity (Wildman–Crippen MR) is 72.1 cm³/mol. The van der Waals surface area contributed by atoms with Gasteiger partial charge in [-0.2, -0.15) is 0 Å². The molecule has 2 rings (SSSR count). The zero-order valence-electron chi connectivity index (χ0n) is 11.8. The van der Waals surface area contributed by atoms with Gasteiger partial charge in [-0.1, -0.05) is 18.2 Å². The monoisotopic (exact) mass is 304 g/mol. The van der Waals surface area contributed by atoms with Gasteiger partial charge in [0.05, 0.1) is 12.7 Å². The molecule has 0 saturated carbocycles. The van der Waals surface area contributed by atoms with Gasteiger partial charge in [0.1, 0.15) is 5.75 Å². The number of alkyl halides is 3. The summed E-state index contributed by atoms with van der Waals surface area (Å²) in [6.07, 6.45) is -4.62. The Hall–Kier alpha value is -1.31. The number of nitrogens with zero attached hydrogens (tertiary/aromatic N) is 1. The molecule has 1 aliphatic heterocycles. The van der Waals surface area contributed by atoms with Gasteiger partial charge in [0, 0.05) is 31.7 Å². The van der Waals surface area contributed by atoms with Crippen LogP contribution in [0.1, 0.15) is 5.56 Å². The molecule has 118 valence electrons. The van der Waals surface area contributed by atoms with Crippen LogP contribution in [0.25, 0.3) is 0 Å². The Balaban J connectivity index is 1.94. The van der Waals surface area contributed by atoms with E-state index in [2.05, 4.69) is 10.1 Å². The summed E-state index contributed by atoms with van der Waals surface area (Å²) in [5.41, 5.74) is 0.501. The number of likely N-dealkylation sites (N-methyl/N-ethyl adjacent to an activating group) is 1. The van der Waals surface area contributed by atoms with Gasteiger partial charge in [-0.05, 0) is 13.1 Å². The molecule has 0 aliphatic carbocycles. The Morgan fingerprint density at radius 2 is 2.14 bits per heavy atom. The van der Waals surface area contributed by atoms with Crippen molar-refractivity contribution in [2.24, 2.45) is 0 Å². The van der Waals surface area contributed by atoms with Gasteiger partial charge in [0.25, 0.3) is 0 Å². The lowest BCUT2D eigenvalue weighted by Gasteiger charge is -2.28. The second kappa shape index (κ2) is 7.11. The van der Waals surface area contributed by atoms with Crippen LogP contribution in [0.5, 0.6) is 5.75 Å². The number of para-hydroxylation sites is 1. The maximum Gasteiger partial charge on any atom is 0.573 e. The third kappa shape index (κ3) is 5.53. The molecule has 1 fully saturated rings. The quantitative estimate of drug-likeness (QED) is 0.902. The number of halogens is 3. The van der Waals surface area contributed by atoms with Crippen LogP contribution < -0.4 is 10.1 Å². The first kappa shape index (κ1) is 16.1. The first-order valence-corrected chi connectivity index (χ1v) is 6.78. The van der Waals surface area contributed by atoms with E-state index in [1.165, 1.54) is 12.1 Å². The Bertz CT molecular complexity index is 448. The Morgan fingerprint density at radius 3 is 2.81 bits per heavy atom. The standard InChI is InChI=1S/C14H19F3N2O2/c1-19(10-12-8-18-6-7-20-12)9-11-4-2-3-5-13(11)21-14(15,16)17/h2-5,12,18H,6-10H2,1H3. The highest BCUT2D eigenvalue weighted by Gasteiger charge is 2.32. The summed E-state index contributed by atoms with van der Waals surface area (Å²) < 4.78 is 46.7. The lowest BCUT2D eigenvalue weighted by molar-refractivity contribution is -0.275. The SMILES string of the molecule is CN(Cc1ccccc1OC(F)(F)F)CC1CNCCO1. The van der Waals surface area contributed by atoms with Crippen LogP contribution in [0.2, 0.25) is 0 Å². The van der Waals surface area contributed by atoms with Gasteiger partial charge in [0.15, 0.2) is 0 Å². The highest BCUT2D eigenvalue weighted by atomic mass is 19.4. The Labute approximate surface area is 121 Å². The van der Waals surface area contributed by atoms with Gasteiger partial charge in [-0.3, -0.25) is 4.90 Å². The van der Waals surface area contributed by atoms with Gasteiger partial charge in [0.2, 0.25) is 0 Å². The molecule has 1 saturated heterocycles. The van der Waals surface area contributed by atoms with E-state index in [-0.39, 0.29) is 11.9 Å². The van der Waals surface area contributed by atoms with E-state index >= 15 is 0 Å². The lowest BCUT2D eigenvalue weighted by atomic mass is 10.2. The molecule has 0 radical (unpaired) electrons. The molecule has 1 atom stereocenters. The average molecular weight is 304 g/mol. The average Bonchev–Trinajstić information content (AvgIpc) is 2.40. The summed E-state index contributed by atoms with van der Waals surface area (Å²) in [4.78, 5) is 1.93. The molecule has 1 heterocycles. The second-order valence-electron chi connectivity index (χ2n) is 5.05. The molecule has 0 aromatic heterocycles. The van der Waals surface area contributed by atoms with E-state index in [4.69, 9.17) is 4.74 Å². The van der Waals surface area contributed by atoms with Crippen molar-refractivity contribution in [3.63, 3.8) is 0 Å². The first-order valence-electron chi connectivity index (χ1n) is 6.78. The summed E-state index contributed by atoms with van der Waals surface area (Å²) >= 11 is 0. The van der Waals surface area contributed by atoms with Crippen molar-refractivity contribution in [3.8, 4) is 5.75 Å². The molecule has 1 N–H and O–H groups in total. The van der Waals surface area contributed by atoms with Crippen molar-refractivity contribution < 1.29 is 22.6 Å². The van der Waals surface area contributed by atoms with E-state index in [0.29, 0.717) is 25.3 Å². The van der Waals surface area contributed by atoms with Gasteiger partial charge in [-0.15, -0.1) is 13.2 Å². The molecule has 1 aromatic carbocycles. The van der Waals surface area contributed by atoms with Crippen LogP contribution in [0, 0.1) is 0 Å². The number of hydrogen-bond donors (Lipinski definition) is 1. The number of ether oxygens (including phenoxy) is 2. The van der Waals surface area contributed by atoms with Gasteiger partial charge < -0.3 is 14.8 Å². The third-order valence-electron chi connectivity index (χ3n) is 3.16. The minimum absolute atomic E-state index is 0.0550. The zero-order chi connectivity index (χ0) is 15.3. The molecule has 0 bridgehead atoms. The number of rotatable bonds is 5. The highest BCUT2D eigenvalue weighted by molar-refractivity contribution is 5.33. The van der Waals surface area contributed by atoms with Crippen LogP contribution in [0.4, 0.5) is 13.2 Å². The molecule has 7 heteroatoms. The number of benzene rings is 1. The van der Waals surface area contributed by atoms with Crippen molar-refractivity contribution in [1.29, 1.82) is 0 Å². The largest absolute Gasteiger partial charge is 0.573 e. The fourth-order valence-corrected chi connectivity index (χ4v) is 2.30. The predicted octanol–water partition coefficient (Wildman–Crippen LogP) is 2.01. The summed E-state index contributed by atoms with van der Waals surface area (Å²) in [6.45, 7) is 3.26. The van der Waals surface area contributed by atoms with E-state index < -0.39 is 6.36 Å². The maximum absolute atomic E-state index is 12.4. The number of morpholine rings is 1. The maximum atomic E-state index is 12.4. The topological polar surface area (TPSA) is 33.7 Å². The van der Waals surface area contributed by atoms with Crippen LogP contribution in [-0.4, -0.2) is 50.7 Å². The normalized spacial score (nSPS) is 19.8. The summed E-state index contributed by atoms with van der Waals surface area (Å²) in [6, 6.07) is 6.19. The van der Waals surface area contributed by atoms with E-state index in [1.807, 2.05) is 11.9 Å². The molecule has 1 unspecified atom stereocenters. The molecule has 0 spiro atoms. The molecular weight excluding hydrogens is 285 g/mol. The highest BCUT2D eigenvalue weighted by Crippen LogP contribution is 2.26. The van der Waals surface area contributed by atoms with Crippen LogP contribution >= 0.6 is 0 Å². The summed E-state index contributed by atoms with van der Waals surface area (Å²) in [5, 5.41) is 3.22. The molecule has 0 amide bonds. The summed E-state index contributed by atoms with van der Waals surface area (Å²) in [7, 11) is 1.85. The fraction of sp³-hybridized carbons (Fsp3) is 0.571. The number of hydrogen-bond acceptors (Lipinski definition) is 4. The second-order valence-corrected chi connectivity index (χ2v) is 5.05. The lowest BCUT2D eigenvalue weighted by Crippen LogP contribution is -2.44. The summed E-state index contributed by atoms with van der Waals surface area (Å²) in [5.74, 6) is -0.153. The van der Waals surface area contributed by atoms with Gasteiger partial charge in [-0.25, -0.2) is 0 Å². The van der Waals surface area contributed by atoms with Crippen molar-refractivity contribution in [3.05, 3.63) is 29.8 Å². The van der Waals surface area contributed by atoms with Crippen LogP contribution in [-0.2, 0) is 11.3 Å². The van der Waals surface area contributed by atoms with E-state index in [1.54, 1.807) is 12.1 Å². The molecule has 1 aromatic rings. The van der Waals surface area contributed by atoms with E-state index in [0.717, 1.165) is 13.1 Å². The molecule has 21 heavy (non-hydrogen) atoms. The molecule has 4 nitrogen and oxygen atoms in total. The van der Waals surface area contributed by atoms with Crippen molar-refractivity contribution in [1.82, 2.24) is 10.2 Å². The van der Waals surface area contributed by atoms with Crippen molar-refractivity contribution in [2.45, 2.75) is 19.0 Å². The number of nitrogens with one attached hydrogen (secondary N) is 1. The molecule has 1 aliphatic rings. The Kier molecular flexibility index (Phi) is 5.44. The fourth-order valence-electron chi connectivity index (χ4n) is 2.30. The van der Waals surface area contributed by atoms with Crippen molar-refractivity contribution in [2.75, 3.05) is 33.3 Å². The molecular formula is C14H19F3N2O2. The van der Waals surface area contributed by atoms with Gasteiger partial charge >= 0.3 is 6.36 Å².